The van der Waals surface area contributed by atoms with Crippen molar-refractivity contribution in [1.29, 1.82) is 0 Å². The molecule has 0 saturated heterocycles. The van der Waals surface area contributed by atoms with E-state index in [1.165, 1.54) is 23.3 Å². The number of hydrogen-bond acceptors (Lipinski definition) is 1. The van der Waals surface area contributed by atoms with E-state index < -0.39 is 11.1 Å². The summed E-state index contributed by atoms with van der Waals surface area (Å²) < 4.78 is 33.2. The molecule has 1 aliphatic rings. The summed E-state index contributed by atoms with van der Waals surface area (Å²) in [4.78, 5) is 0. The molecule has 1 N–H and O–H groups in total. The quantitative estimate of drug-likeness (QED) is 0.766. The Morgan fingerprint density at radius 1 is 0.958 bits per heavy atom. The molecule has 0 radical (unpaired) electrons. The van der Waals surface area contributed by atoms with E-state index in [4.69, 9.17) is 4.55 Å². The van der Waals surface area contributed by atoms with Gasteiger partial charge in [0.25, 0.3) is 0 Å². The number of allylic oxidation sites excluding steroid dienone is 2. The van der Waals surface area contributed by atoms with Crippen molar-refractivity contribution in [2.75, 3.05) is 0 Å². The van der Waals surface area contributed by atoms with Crippen LogP contribution in [-0.2, 0) is 16.8 Å². The monoisotopic (exact) mass is 344 g/mol. The van der Waals surface area contributed by atoms with E-state index in [2.05, 4.69) is 13.8 Å². The Kier molecular flexibility index (Phi) is 4.70. The minimum Gasteiger partial charge on any atom is -0.306 e. The van der Waals surface area contributed by atoms with Gasteiger partial charge in [-0.1, -0.05) is 50.2 Å². The number of halogens is 1. The minimum atomic E-state index is -1.82. The molecule has 2 aromatic carbocycles. The van der Waals surface area contributed by atoms with Crippen molar-refractivity contribution in [3.05, 3.63) is 71.0 Å². The molecule has 0 amide bonds. The van der Waals surface area contributed by atoms with E-state index in [-0.39, 0.29) is 17.0 Å². The molecule has 0 heterocycles. The normalized spacial score (nSPS) is 18.0. The van der Waals surface area contributed by atoms with E-state index >= 15 is 0 Å². The molecule has 4 heteroatoms. The van der Waals surface area contributed by atoms with Crippen molar-refractivity contribution in [2.45, 2.75) is 32.4 Å². The summed E-state index contributed by atoms with van der Waals surface area (Å²) in [6.45, 7) is 4.49. The topological polar surface area (TPSA) is 37.3 Å². The molecule has 0 saturated carbocycles. The van der Waals surface area contributed by atoms with Gasteiger partial charge < -0.3 is 4.55 Å². The van der Waals surface area contributed by atoms with Gasteiger partial charge >= 0.3 is 0 Å². The molecule has 1 unspecified atom stereocenters. The lowest BCUT2D eigenvalue weighted by molar-refractivity contribution is 0.406. The summed E-state index contributed by atoms with van der Waals surface area (Å²) >= 11 is -1.82. The lowest BCUT2D eigenvalue weighted by Crippen LogP contribution is -2.05. The van der Waals surface area contributed by atoms with Gasteiger partial charge in [0.1, 0.15) is 5.82 Å². The molecule has 1 atom stereocenters. The lowest BCUT2D eigenvalue weighted by atomic mass is 9.87. The van der Waals surface area contributed by atoms with Crippen molar-refractivity contribution in [3.8, 4) is 0 Å². The molecular weight excluding hydrogens is 323 g/mol. The lowest BCUT2D eigenvalue weighted by Gasteiger charge is -2.17. The van der Waals surface area contributed by atoms with E-state index in [0.29, 0.717) is 0 Å². The second-order valence-electron chi connectivity index (χ2n) is 7.14. The van der Waals surface area contributed by atoms with Crippen LogP contribution >= 0.6 is 0 Å². The van der Waals surface area contributed by atoms with Crippen LogP contribution in [0.5, 0.6) is 0 Å². The molecular formula is C20H21FO2S. The molecule has 2 nitrogen and oxygen atoms in total. The number of benzene rings is 2. The highest BCUT2D eigenvalue weighted by molar-refractivity contribution is 7.78. The summed E-state index contributed by atoms with van der Waals surface area (Å²) in [6, 6.07) is 14.5. The Bertz CT molecular complexity index is 789. The Hall–Kier alpha value is -1.78. The summed E-state index contributed by atoms with van der Waals surface area (Å²) in [5, 5.41) is 0. The summed E-state index contributed by atoms with van der Waals surface area (Å²) in [7, 11) is 0. The van der Waals surface area contributed by atoms with Crippen molar-refractivity contribution in [1.82, 2.24) is 0 Å². The zero-order valence-electron chi connectivity index (χ0n) is 13.9. The van der Waals surface area contributed by atoms with Crippen molar-refractivity contribution in [3.63, 3.8) is 0 Å². The van der Waals surface area contributed by atoms with Crippen LogP contribution in [0.4, 0.5) is 4.39 Å². The summed E-state index contributed by atoms with van der Waals surface area (Å²) in [5.41, 5.74) is 5.76. The number of rotatable bonds is 4. The van der Waals surface area contributed by atoms with Gasteiger partial charge in [0.05, 0.1) is 5.75 Å². The average molecular weight is 344 g/mol. The molecule has 0 aromatic heterocycles. The summed E-state index contributed by atoms with van der Waals surface area (Å²) in [6.07, 6.45) is 1.92. The highest BCUT2D eigenvalue weighted by Crippen LogP contribution is 2.49. The fourth-order valence-corrected chi connectivity index (χ4v) is 3.86. The molecule has 0 aliphatic heterocycles. The van der Waals surface area contributed by atoms with Crippen LogP contribution in [-0.4, -0.2) is 8.76 Å². The molecule has 0 bridgehead atoms. The third-order valence-corrected chi connectivity index (χ3v) is 5.04. The fraction of sp³-hybridized carbons (Fsp3) is 0.300. The second-order valence-corrected chi connectivity index (χ2v) is 8.08. The van der Waals surface area contributed by atoms with Crippen molar-refractivity contribution >= 4 is 22.2 Å². The molecule has 24 heavy (non-hydrogen) atoms. The third kappa shape index (κ3) is 3.82. The Morgan fingerprint density at radius 2 is 1.42 bits per heavy atom. The predicted octanol–water partition coefficient (Wildman–Crippen LogP) is 5.28. The highest BCUT2D eigenvalue weighted by atomic mass is 32.2. The molecule has 0 spiro atoms. The van der Waals surface area contributed by atoms with Gasteiger partial charge in [-0.2, -0.15) is 0 Å². The van der Waals surface area contributed by atoms with Crippen LogP contribution in [0, 0.1) is 11.2 Å². The van der Waals surface area contributed by atoms with Gasteiger partial charge in [0.15, 0.2) is 11.1 Å². The van der Waals surface area contributed by atoms with E-state index in [1.807, 2.05) is 36.4 Å². The van der Waals surface area contributed by atoms with Gasteiger partial charge in [0.2, 0.25) is 0 Å². The fourth-order valence-electron chi connectivity index (χ4n) is 3.38. The molecule has 126 valence electrons. The van der Waals surface area contributed by atoms with Crippen LogP contribution in [0.2, 0.25) is 0 Å². The SMILES string of the molecule is CC1(C)CC(c2ccc(F)cc2)=C(c2ccc(CS(=O)O)cc2)C1. The molecule has 0 fully saturated rings. The maximum Gasteiger partial charge on any atom is 0.157 e. The first-order valence-corrected chi connectivity index (χ1v) is 9.26. The van der Waals surface area contributed by atoms with Crippen molar-refractivity contribution < 1.29 is 13.2 Å². The van der Waals surface area contributed by atoms with Crippen LogP contribution in [0.3, 0.4) is 0 Å². The predicted molar refractivity (Wildman–Crippen MR) is 97.1 cm³/mol. The van der Waals surface area contributed by atoms with Gasteiger partial charge in [-0.25, -0.2) is 8.60 Å². The zero-order valence-corrected chi connectivity index (χ0v) is 14.7. The first kappa shape index (κ1) is 17.1. The van der Waals surface area contributed by atoms with Crippen LogP contribution in [0.25, 0.3) is 11.1 Å². The van der Waals surface area contributed by atoms with Gasteiger partial charge in [-0.3, -0.25) is 0 Å². The highest BCUT2D eigenvalue weighted by Gasteiger charge is 2.31. The van der Waals surface area contributed by atoms with Crippen LogP contribution in [0.15, 0.2) is 48.5 Å². The minimum absolute atomic E-state index is 0.148. The van der Waals surface area contributed by atoms with Crippen molar-refractivity contribution in [2.24, 2.45) is 5.41 Å². The van der Waals surface area contributed by atoms with Gasteiger partial charge in [-0.05, 0) is 58.2 Å². The summed E-state index contributed by atoms with van der Waals surface area (Å²) in [5.74, 6) is -0.0742. The van der Waals surface area contributed by atoms with E-state index in [9.17, 15) is 8.60 Å². The number of hydrogen-bond donors (Lipinski definition) is 1. The maximum absolute atomic E-state index is 13.2. The van der Waals surface area contributed by atoms with E-state index in [1.54, 1.807) is 0 Å². The second kappa shape index (κ2) is 6.61. The van der Waals surface area contributed by atoms with Crippen LogP contribution < -0.4 is 0 Å². The largest absolute Gasteiger partial charge is 0.306 e. The van der Waals surface area contributed by atoms with Gasteiger partial charge in [-0.15, -0.1) is 0 Å². The molecule has 1 aliphatic carbocycles. The zero-order chi connectivity index (χ0) is 17.3. The maximum atomic E-state index is 13.2. The van der Waals surface area contributed by atoms with E-state index in [0.717, 1.165) is 29.5 Å². The molecule has 2 aromatic rings. The standard InChI is InChI=1S/C20H21FO2S/c1-20(2)11-18(15-5-3-14(4-6-15)13-24(22)23)19(12-20)16-7-9-17(21)10-8-16/h3-10H,11-13H2,1-2H3,(H,22,23). The third-order valence-electron chi connectivity index (χ3n) is 4.46. The first-order chi connectivity index (χ1) is 11.3. The Balaban J connectivity index is 1.99. The van der Waals surface area contributed by atoms with Gasteiger partial charge in [0, 0.05) is 0 Å². The Morgan fingerprint density at radius 3 is 1.88 bits per heavy atom. The smallest absolute Gasteiger partial charge is 0.157 e. The Labute approximate surface area is 144 Å². The first-order valence-electron chi connectivity index (χ1n) is 7.99. The average Bonchev–Trinajstić information content (AvgIpc) is 2.84. The van der Waals surface area contributed by atoms with Crippen LogP contribution in [0.1, 0.15) is 43.4 Å². The molecule has 3 rings (SSSR count).